The van der Waals surface area contributed by atoms with Crippen molar-refractivity contribution in [3.8, 4) is 5.75 Å². The van der Waals surface area contributed by atoms with E-state index in [-0.39, 0.29) is 24.5 Å². The Kier molecular flexibility index (Phi) is 4.90. The van der Waals surface area contributed by atoms with E-state index in [1.54, 1.807) is 40.9 Å². The van der Waals surface area contributed by atoms with E-state index in [2.05, 4.69) is 5.10 Å². The number of ketones is 1. The first-order valence-electron chi connectivity index (χ1n) is 9.34. The lowest BCUT2D eigenvalue weighted by Gasteiger charge is -2.16. The number of aromatic nitrogens is 3. The van der Waals surface area contributed by atoms with E-state index in [0.717, 1.165) is 11.2 Å². The standard InChI is InChI=1S/C22H21N3O4/c1-14-10-21-24(22(28)19-8-3-4-9-20(19)25(21)23-14)12-17(27)13-29-18-7-5-6-16(11-18)15(2)26/h3-11,17,27H,12-13H2,1-2H3. The molecular formula is C22H21N3O4. The summed E-state index contributed by atoms with van der Waals surface area (Å²) in [6.45, 7) is 3.39. The maximum atomic E-state index is 13.0. The number of para-hydroxylation sites is 1. The third-order valence-corrected chi connectivity index (χ3v) is 4.77. The molecule has 4 aromatic rings. The molecule has 7 nitrogen and oxygen atoms in total. The van der Waals surface area contributed by atoms with Gasteiger partial charge in [0.25, 0.3) is 5.56 Å². The Morgan fingerprint density at radius 3 is 2.76 bits per heavy atom. The summed E-state index contributed by atoms with van der Waals surface area (Å²) in [6.07, 6.45) is -0.922. The van der Waals surface area contributed by atoms with Crippen molar-refractivity contribution in [3.63, 3.8) is 0 Å². The van der Waals surface area contributed by atoms with Gasteiger partial charge in [-0.1, -0.05) is 24.3 Å². The van der Waals surface area contributed by atoms with E-state index in [0.29, 0.717) is 22.3 Å². The van der Waals surface area contributed by atoms with Crippen molar-refractivity contribution in [1.29, 1.82) is 0 Å². The molecule has 0 aliphatic carbocycles. The number of nitrogens with zero attached hydrogens (tertiary/aromatic N) is 3. The van der Waals surface area contributed by atoms with E-state index < -0.39 is 6.10 Å². The van der Waals surface area contributed by atoms with Crippen molar-refractivity contribution >= 4 is 22.3 Å². The van der Waals surface area contributed by atoms with Crippen molar-refractivity contribution in [3.05, 3.63) is 76.2 Å². The largest absolute Gasteiger partial charge is 0.491 e. The highest BCUT2D eigenvalue weighted by Crippen LogP contribution is 2.16. The number of ether oxygens (including phenoxy) is 1. The monoisotopic (exact) mass is 391 g/mol. The Morgan fingerprint density at radius 2 is 1.97 bits per heavy atom. The molecule has 0 fully saturated rings. The lowest BCUT2D eigenvalue weighted by Crippen LogP contribution is -2.31. The first-order chi connectivity index (χ1) is 13.9. The summed E-state index contributed by atoms with van der Waals surface area (Å²) in [7, 11) is 0. The zero-order chi connectivity index (χ0) is 20.5. The van der Waals surface area contributed by atoms with Crippen LogP contribution in [0.4, 0.5) is 0 Å². The molecule has 0 amide bonds. The second-order valence-electron chi connectivity index (χ2n) is 7.04. The Morgan fingerprint density at radius 1 is 1.17 bits per heavy atom. The maximum Gasteiger partial charge on any atom is 0.261 e. The number of rotatable bonds is 6. The smallest absolute Gasteiger partial charge is 0.261 e. The van der Waals surface area contributed by atoms with Crippen molar-refractivity contribution in [2.24, 2.45) is 0 Å². The molecule has 0 aliphatic heterocycles. The molecule has 29 heavy (non-hydrogen) atoms. The normalized spacial score (nSPS) is 12.4. The average molecular weight is 391 g/mol. The predicted molar refractivity (Wildman–Crippen MR) is 110 cm³/mol. The molecule has 2 heterocycles. The van der Waals surface area contributed by atoms with Gasteiger partial charge in [0.1, 0.15) is 24.1 Å². The van der Waals surface area contributed by atoms with Gasteiger partial charge in [0.2, 0.25) is 0 Å². The van der Waals surface area contributed by atoms with Gasteiger partial charge in [0, 0.05) is 11.6 Å². The van der Waals surface area contributed by atoms with Crippen molar-refractivity contribution < 1.29 is 14.6 Å². The molecule has 148 valence electrons. The number of aryl methyl sites for hydroxylation is 1. The summed E-state index contributed by atoms with van der Waals surface area (Å²) < 4.78 is 8.87. The number of carbonyl (C=O) groups excluding carboxylic acids is 1. The van der Waals surface area contributed by atoms with Gasteiger partial charge in [0.15, 0.2) is 5.78 Å². The number of benzene rings is 2. The topological polar surface area (TPSA) is 85.8 Å². The Labute approximate surface area is 166 Å². The fraction of sp³-hybridized carbons (Fsp3) is 0.227. The molecule has 1 unspecified atom stereocenters. The van der Waals surface area contributed by atoms with Crippen LogP contribution in [0.25, 0.3) is 16.6 Å². The number of hydrogen-bond acceptors (Lipinski definition) is 5. The summed E-state index contributed by atoms with van der Waals surface area (Å²) in [5, 5.41) is 15.5. The molecule has 0 spiro atoms. The Bertz CT molecular complexity index is 1270. The van der Waals surface area contributed by atoms with Crippen LogP contribution in [0, 0.1) is 6.92 Å². The molecule has 4 rings (SSSR count). The van der Waals surface area contributed by atoms with E-state index in [9.17, 15) is 14.7 Å². The molecular weight excluding hydrogens is 370 g/mol. The van der Waals surface area contributed by atoms with Crippen molar-refractivity contribution in [2.75, 3.05) is 6.61 Å². The van der Waals surface area contributed by atoms with Crippen LogP contribution in [0.2, 0.25) is 0 Å². The van der Waals surface area contributed by atoms with Crippen molar-refractivity contribution in [1.82, 2.24) is 14.2 Å². The summed E-state index contributed by atoms with van der Waals surface area (Å²) in [5.41, 5.74) is 2.47. The van der Waals surface area contributed by atoms with Gasteiger partial charge in [0.05, 0.1) is 23.1 Å². The molecule has 7 heteroatoms. The van der Waals surface area contributed by atoms with Crippen LogP contribution in [0.1, 0.15) is 23.0 Å². The zero-order valence-corrected chi connectivity index (χ0v) is 16.2. The highest BCUT2D eigenvalue weighted by atomic mass is 16.5. The molecule has 2 aromatic heterocycles. The first kappa shape index (κ1) is 18.9. The lowest BCUT2D eigenvalue weighted by atomic mass is 10.1. The van der Waals surface area contributed by atoms with E-state index >= 15 is 0 Å². The Balaban J connectivity index is 1.61. The molecule has 0 saturated heterocycles. The molecule has 1 atom stereocenters. The molecule has 1 N–H and O–H groups in total. The number of carbonyl (C=O) groups is 1. The van der Waals surface area contributed by atoms with Crippen LogP contribution < -0.4 is 10.3 Å². The third kappa shape index (κ3) is 3.64. The van der Waals surface area contributed by atoms with E-state index in [4.69, 9.17) is 4.74 Å². The van der Waals surface area contributed by atoms with Crippen LogP contribution in [-0.2, 0) is 6.54 Å². The van der Waals surface area contributed by atoms with Crippen molar-refractivity contribution in [2.45, 2.75) is 26.5 Å². The van der Waals surface area contributed by atoms with Crippen LogP contribution in [0.15, 0.2) is 59.4 Å². The maximum absolute atomic E-state index is 13.0. The second-order valence-corrected chi connectivity index (χ2v) is 7.04. The minimum absolute atomic E-state index is 0.0140. The second kappa shape index (κ2) is 7.52. The van der Waals surface area contributed by atoms with Gasteiger partial charge >= 0.3 is 0 Å². The minimum atomic E-state index is -0.922. The molecule has 0 radical (unpaired) electrons. The van der Waals surface area contributed by atoms with E-state index in [1.165, 1.54) is 11.5 Å². The predicted octanol–water partition coefficient (Wildman–Crippen LogP) is 2.60. The Hall–Kier alpha value is -3.45. The minimum Gasteiger partial charge on any atom is -0.491 e. The van der Waals surface area contributed by atoms with Gasteiger partial charge in [-0.05, 0) is 38.1 Å². The molecule has 0 bridgehead atoms. The fourth-order valence-corrected chi connectivity index (χ4v) is 3.38. The third-order valence-electron chi connectivity index (χ3n) is 4.77. The summed E-state index contributed by atoms with van der Waals surface area (Å²) in [6, 6.07) is 15.9. The average Bonchev–Trinajstić information content (AvgIpc) is 3.11. The number of aliphatic hydroxyl groups excluding tert-OH is 1. The first-order valence-corrected chi connectivity index (χ1v) is 9.34. The van der Waals surface area contributed by atoms with Gasteiger partial charge < -0.3 is 9.84 Å². The fourth-order valence-electron chi connectivity index (χ4n) is 3.38. The van der Waals surface area contributed by atoms with Crippen LogP contribution in [0.5, 0.6) is 5.75 Å². The SMILES string of the molecule is CC(=O)c1cccc(OCC(O)Cn2c(=O)c3ccccc3n3nc(C)cc23)c1. The molecule has 2 aromatic carbocycles. The van der Waals surface area contributed by atoms with E-state index in [1.807, 2.05) is 25.1 Å². The zero-order valence-electron chi connectivity index (χ0n) is 16.2. The van der Waals surface area contributed by atoms with Gasteiger partial charge in [-0.3, -0.25) is 14.2 Å². The number of hydrogen-bond donors (Lipinski definition) is 1. The number of fused-ring (bicyclic) bond motifs is 3. The molecule has 0 saturated carbocycles. The number of Topliss-reactive ketones (excluding diaryl/α,β-unsaturated/α-hetero) is 1. The van der Waals surface area contributed by atoms with Gasteiger partial charge in [-0.2, -0.15) is 5.10 Å². The van der Waals surface area contributed by atoms with Crippen LogP contribution >= 0.6 is 0 Å². The molecule has 0 aliphatic rings. The quantitative estimate of drug-likeness (QED) is 0.511. The van der Waals surface area contributed by atoms with Gasteiger partial charge in [-0.25, -0.2) is 4.52 Å². The highest BCUT2D eigenvalue weighted by Gasteiger charge is 2.16. The van der Waals surface area contributed by atoms with Crippen LogP contribution in [-0.4, -0.2) is 37.8 Å². The summed E-state index contributed by atoms with van der Waals surface area (Å²) >= 11 is 0. The van der Waals surface area contributed by atoms with Crippen LogP contribution in [0.3, 0.4) is 0 Å². The van der Waals surface area contributed by atoms with Gasteiger partial charge in [-0.15, -0.1) is 0 Å². The summed E-state index contributed by atoms with van der Waals surface area (Å²) in [5.74, 6) is 0.435. The lowest BCUT2D eigenvalue weighted by molar-refractivity contribution is 0.0924. The highest BCUT2D eigenvalue weighted by molar-refractivity contribution is 5.94. The number of aliphatic hydroxyl groups is 1. The summed E-state index contributed by atoms with van der Waals surface area (Å²) in [4.78, 5) is 24.5.